The molecule has 0 radical (unpaired) electrons. The molecule has 0 N–H and O–H groups in total. The molecule has 2 aliphatic rings. The van der Waals surface area contributed by atoms with Crippen molar-refractivity contribution in [1.29, 1.82) is 0 Å². The molecule has 1 spiro atoms. The molecule has 0 aliphatic carbocycles. The minimum atomic E-state index is -4.56. The molecule has 2 aliphatic heterocycles. The van der Waals surface area contributed by atoms with E-state index in [1.807, 2.05) is 36.4 Å². The Morgan fingerprint density at radius 3 is 2.58 bits per heavy atom. The van der Waals surface area contributed by atoms with E-state index in [0.29, 0.717) is 41.8 Å². The standard InChI is InChI=1S/C28H24ClF3N4O3S/c29-20-9-18(10-21(12-20)38-25-34-23-3-1-2-4-24(23)40-25)15-35-16-27(17-35)5-7-36(8-6-27)26(37)39-22-11-19(13-33-14-22)28(30,31)32/h1-4,9-14H,5-8,15-17H2. The topological polar surface area (TPSA) is 67.8 Å². The lowest BCUT2D eigenvalue weighted by Crippen LogP contribution is -2.60. The normalized spacial score (nSPS) is 17.1. The number of carbonyl (C=O) groups is 1. The third kappa shape index (κ3) is 5.86. The van der Waals surface area contributed by atoms with Crippen LogP contribution in [0.3, 0.4) is 0 Å². The number of rotatable bonds is 5. The minimum Gasteiger partial charge on any atom is -0.431 e. The van der Waals surface area contributed by atoms with Gasteiger partial charge in [-0.2, -0.15) is 13.2 Å². The predicted molar refractivity (Wildman–Crippen MR) is 145 cm³/mol. The van der Waals surface area contributed by atoms with Crippen molar-refractivity contribution in [1.82, 2.24) is 19.8 Å². The third-order valence-electron chi connectivity index (χ3n) is 7.26. The van der Waals surface area contributed by atoms with Gasteiger partial charge in [-0.05, 0) is 60.2 Å². The highest BCUT2D eigenvalue weighted by molar-refractivity contribution is 7.20. The van der Waals surface area contributed by atoms with Crippen molar-refractivity contribution in [3.05, 3.63) is 77.1 Å². The molecule has 0 bridgehead atoms. The quantitative estimate of drug-likeness (QED) is 0.245. The van der Waals surface area contributed by atoms with Gasteiger partial charge in [0.25, 0.3) is 5.19 Å². The van der Waals surface area contributed by atoms with E-state index in [1.165, 1.54) is 16.2 Å². The van der Waals surface area contributed by atoms with Crippen LogP contribution in [0.4, 0.5) is 18.0 Å². The maximum atomic E-state index is 12.9. The van der Waals surface area contributed by atoms with E-state index in [2.05, 4.69) is 14.9 Å². The van der Waals surface area contributed by atoms with E-state index in [4.69, 9.17) is 21.1 Å². The Hall–Kier alpha value is -3.41. The van der Waals surface area contributed by atoms with Crippen molar-refractivity contribution in [2.45, 2.75) is 25.6 Å². The second kappa shape index (κ2) is 10.5. The Balaban J connectivity index is 1.01. The first-order chi connectivity index (χ1) is 19.1. The van der Waals surface area contributed by atoms with Crippen LogP contribution >= 0.6 is 22.9 Å². The Kier molecular flexibility index (Phi) is 7.05. The Morgan fingerprint density at radius 1 is 1.05 bits per heavy atom. The van der Waals surface area contributed by atoms with Gasteiger partial charge >= 0.3 is 12.3 Å². The van der Waals surface area contributed by atoms with Crippen LogP contribution in [-0.2, 0) is 12.7 Å². The third-order valence-corrected chi connectivity index (χ3v) is 8.40. The molecular weight excluding hydrogens is 565 g/mol. The van der Waals surface area contributed by atoms with Crippen molar-refractivity contribution in [3.8, 4) is 16.7 Å². The fraction of sp³-hybridized carbons (Fsp3) is 0.321. The first-order valence-electron chi connectivity index (χ1n) is 12.7. The van der Waals surface area contributed by atoms with Crippen LogP contribution in [0.2, 0.25) is 5.02 Å². The number of aromatic nitrogens is 2. The van der Waals surface area contributed by atoms with Crippen molar-refractivity contribution in [2.24, 2.45) is 5.41 Å². The lowest BCUT2D eigenvalue weighted by molar-refractivity contribution is -0.137. The number of alkyl halides is 3. The van der Waals surface area contributed by atoms with E-state index >= 15 is 0 Å². The molecule has 2 aromatic heterocycles. The Bertz CT molecular complexity index is 1510. The molecular formula is C28H24ClF3N4O3S. The summed E-state index contributed by atoms with van der Waals surface area (Å²) in [5.74, 6) is 0.419. The number of likely N-dealkylation sites (tertiary alicyclic amines) is 2. The maximum Gasteiger partial charge on any atom is 0.418 e. The highest BCUT2D eigenvalue weighted by Gasteiger charge is 2.45. The van der Waals surface area contributed by atoms with Crippen LogP contribution in [0.25, 0.3) is 10.2 Å². The zero-order chi connectivity index (χ0) is 27.9. The van der Waals surface area contributed by atoms with Crippen molar-refractivity contribution in [2.75, 3.05) is 26.2 Å². The average molecular weight is 589 g/mol. The molecule has 4 heterocycles. The zero-order valence-electron chi connectivity index (χ0n) is 21.2. The van der Waals surface area contributed by atoms with Crippen molar-refractivity contribution >= 4 is 39.2 Å². The molecule has 7 nitrogen and oxygen atoms in total. The molecule has 2 aromatic carbocycles. The number of benzene rings is 2. The van der Waals surface area contributed by atoms with Crippen LogP contribution in [0.15, 0.2) is 60.9 Å². The van der Waals surface area contributed by atoms with Gasteiger partial charge in [0.15, 0.2) is 5.75 Å². The number of amides is 1. The van der Waals surface area contributed by atoms with Gasteiger partial charge in [-0.25, -0.2) is 9.78 Å². The van der Waals surface area contributed by atoms with Gasteiger partial charge in [0.05, 0.1) is 22.0 Å². The minimum absolute atomic E-state index is 0.105. The SMILES string of the molecule is O=C(Oc1cncc(C(F)(F)F)c1)N1CCC2(CC1)CN(Cc1cc(Cl)cc(Oc3nc4ccccc4s3)c1)C2. The van der Waals surface area contributed by atoms with Gasteiger partial charge in [-0.3, -0.25) is 9.88 Å². The molecule has 0 saturated carbocycles. The molecule has 0 unspecified atom stereocenters. The van der Waals surface area contributed by atoms with Crippen LogP contribution in [-0.4, -0.2) is 52.0 Å². The largest absolute Gasteiger partial charge is 0.431 e. The fourth-order valence-electron chi connectivity index (χ4n) is 5.31. The van der Waals surface area contributed by atoms with E-state index in [0.717, 1.165) is 54.0 Å². The number of piperidine rings is 1. The number of hydrogen-bond donors (Lipinski definition) is 0. The number of para-hydroxylation sites is 1. The van der Waals surface area contributed by atoms with Crippen LogP contribution in [0.5, 0.6) is 16.7 Å². The zero-order valence-corrected chi connectivity index (χ0v) is 22.7. The van der Waals surface area contributed by atoms with Crippen LogP contribution in [0.1, 0.15) is 24.0 Å². The fourth-order valence-corrected chi connectivity index (χ4v) is 6.40. The molecule has 208 valence electrons. The lowest BCUT2D eigenvalue weighted by Gasteiger charge is -2.54. The van der Waals surface area contributed by atoms with Gasteiger partial charge in [0.1, 0.15) is 5.75 Å². The molecule has 40 heavy (non-hydrogen) atoms. The summed E-state index contributed by atoms with van der Waals surface area (Å²) >= 11 is 7.87. The number of hydrogen-bond acceptors (Lipinski definition) is 7. The molecule has 12 heteroatoms. The average Bonchev–Trinajstić information content (AvgIpc) is 3.30. The van der Waals surface area contributed by atoms with Crippen LogP contribution < -0.4 is 9.47 Å². The van der Waals surface area contributed by atoms with Gasteiger partial charge in [-0.1, -0.05) is 35.1 Å². The summed E-state index contributed by atoms with van der Waals surface area (Å²) in [7, 11) is 0. The number of carbonyl (C=O) groups excluding carboxylic acids is 1. The smallest absolute Gasteiger partial charge is 0.418 e. The molecule has 2 saturated heterocycles. The van der Waals surface area contributed by atoms with E-state index in [-0.39, 0.29) is 11.2 Å². The predicted octanol–water partition coefficient (Wildman–Crippen LogP) is 7.25. The molecule has 2 fully saturated rings. The van der Waals surface area contributed by atoms with Gasteiger partial charge in [-0.15, -0.1) is 0 Å². The van der Waals surface area contributed by atoms with Crippen LogP contribution in [0, 0.1) is 5.41 Å². The van der Waals surface area contributed by atoms with Crippen molar-refractivity contribution in [3.63, 3.8) is 0 Å². The van der Waals surface area contributed by atoms with E-state index < -0.39 is 17.8 Å². The number of ether oxygens (including phenoxy) is 2. The second-order valence-corrected chi connectivity index (χ2v) is 11.7. The van der Waals surface area contributed by atoms with Gasteiger partial charge in [0, 0.05) is 43.9 Å². The number of fused-ring (bicyclic) bond motifs is 1. The monoisotopic (exact) mass is 588 g/mol. The molecule has 0 atom stereocenters. The first-order valence-corrected chi connectivity index (χ1v) is 13.9. The molecule has 4 aromatic rings. The van der Waals surface area contributed by atoms with Crippen molar-refractivity contribution < 1.29 is 27.4 Å². The Labute approximate surface area is 237 Å². The number of pyridine rings is 1. The summed E-state index contributed by atoms with van der Waals surface area (Å²) in [5, 5.41) is 1.15. The number of nitrogens with zero attached hydrogens (tertiary/aromatic N) is 4. The summed E-state index contributed by atoms with van der Waals surface area (Å²) in [6.45, 7) is 3.45. The Morgan fingerprint density at radius 2 is 1.82 bits per heavy atom. The summed E-state index contributed by atoms with van der Waals surface area (Å²) in [5.41, 5.74) is 1.07. The summed E-state index contributed by atoms with van der Waals surface area (Å²) in [6.07, 6.45) is -1.83. The molecule has 1 amide bonds. The highest BCUT2D eigenvalue weighted by atomic mass is 35.5. The van der Waals surface area contributed by atoms with Gasteiger partial charge in [0.2, 0.25) is 0 Å². The molecule has 6 rings (SSSR count). The summed E-state index contributed by atoms with van der Waals surface area (Å²) < 4.78 is 51.0. The highest BCUT2D eigenvalue weighted by Crippen LogP contribution is 2.42. The number of thiazole rings is 1. The van der Waals surface area contributed by atoms with E-state index in [9.17, 15) is 18.0 Å². The van der Waals surface area contributed by atoms with Gasteiger partial charge < -0.3 is 14.4 Å². The summed E-state index contributed by atoms with van der Waals surface area (Å²) in [4.78, 5) is 24.5. The lowest BCUT2D eigenvalue weighted by atomic mass is 9.72. The maximum absolute atomic E-state index is 12.9. The summed E-state index contributed by atoms with van der Waals surface area (Å²) in [6, 6.07) is 14.3. The first kappa shape index (κ1) is 26.8. The number of halogens is 4. The van der Waals surface area contributed by atoms with E-state index in [1.54, 1.807) is 6.07 Å². The second-order valence-electron chi connectivity index (χ2n) is 10.3.